The van der Waals surface area contributed by atoms with E-state index in [0.29, 0.717) is 19.4 Å². The molecule has 6 heteroatoms. The number of rotatable bonds is 5. The average molecular weight is 305 g/mol. The second kappa shape index (κ2) is 5.91. The third kappa shape index (κ3) is 4.69. The summed E-state index contributed by atoms with van der Waals surface area (Å²) >= 11 is 0. The minimum Gasteiger partial charge on any atom is -0.389 e. The SMILES string of the molecule is CC1(C)CCC(O)(CNS(=O)(=O)CC2CCCO2)CC1. The van der Waals surface area contributed by atoms with E-state index < -0.39 is 15.6 Å². The molecule has 5 nitrogen and oxygen atoms in total. The highest BCUT2D eigenvalue weighted by molar-refractivity contribution is 7.89. The molecule has 1 aliphatic carbocycles. The van der Waals surface area contributed by atoms with E-state index >= 15 is 0 Å². The maximum absolute atomic E-state index is 12.0. The van der Waals surface area contributed by atoms with Crippen LogP contribution in [0, 0.1) is 5.41 Å². The van der Waals surface area contributed by atoms with Crippen LogP contribution in [0.4, 0.5) is 0 Å². The van der Waals surface area contributed by atoms with Crippen LogP contribution >= 0.6 is 0 Å². The molecular weight excluding hydrogens is 278 g/mol. The molecule has 0 aromatic rings. The second-order valence-electron chi connectivity index (χ2n) is 7.13. The molecule has 0 radical (unpaired) electrons. The number of sulfonamides is 1. The Kier molecular flexibility index (Phi) is 4.79. The largest absolute Gasteiger partial charge is 0.389 e. The lowest BCUT2D eigenvalue weighted by Crippen LogP contribution is -2.47. The van der Waals surface area contributed by atoms with Gasteiger partial charge in [-0.05, 0) is 43.9 Å². The van der Waals surface area contributed by atoms with Gasteiger partial charge in [0, 0.05) is 13.2 Å². The lowest BCUT2D eigenvalue weighted by molar-refractivity contribution is -0.0206. The van der Waals surface area contributed by atoms with E-state index in [1.165, 1.54) is 0 Å². The number of hydrogen-bond acceptors (Lipinski definition) is 4. The zero-order chi connectivity index (χ0) is 14.9. The third-order valence-electron chi connectivity index (χ3n) is 4.58. The monoisotopic (exact) mass is 305 g/mol. The Morgan fingerprint density at radius 1 is 1.25 bits per heavy atom. The van der Waals surface area contributed by atoms with Gasteiger partial charge in [0.05, 0.1) is 17.5 Å². The van der Waals surface area contributed by atoms with E-state index in [9.17, 15) is 13.5 Å². The molecule has 0 aromatic carbocycles. The molecule has 2 N–H and O–H groups in total. The Bertz CT molecular complexity index is 416. The summed E-state index contributed by atoms with van der Waals surface area (Å²) in [7, 11) is -3.37. The molecule has 118 valence electrons. The molecule has 0 amide bonds. The van der Waals surface area contributed by atoms with Crippen LogP contribution in [-0.2, 0) is 14.8 Å². The second-order valence-corrected chi connectivity index (χ2v) is 8.98. The Morgan fingerprint density at radius 2 is 1.90 bits per heavy atom. The van der Waals surface area contributed by atoms with Gasteiger partial charge in [0.1, 0.15) is 0 Å². The first kappa shape index (κ1) is 16.2. The molecule has 1 atom stereocenters. The van der Waals surface area contributed by atoms with Crippen LogP contribution in [0.25, 0.3) is 0 Å². The van der Waals surface area contributed by atoms with Crippen molar-refractivity contribution in [1.29, 1.82) is 0 Å². The highest BCUT2D eigenvalue weighted by Crippen LogP contribution is 2.39. The van der Waals surface area contributed by atoms with Crippen molar-refractivity contribution >= 4 is 10.0 Å². The topological polar surface area (TPSA) is 75.6 Å². The first-order chi connectivity index (χ1) is 9.20. The summed E-state index contributed by atoms with van der Waals surface area (Å²) in [6.45, 7) is 5.15. The first-order valence-corrected chi connectivity index (χ1v) is 9.16. The van der Waals surface area contributed by atoms with Crippen molar-refractivity contribution in [3.05, 3.63) is 0 Å². The standard InChI is InChI=1S/C14H27NO4S/c1-13(2)5-7-14(16,8-6-13)11-15-20(17,18)10-12-4-3-9-19-12/h12,15-16H,3-11H2,1-2H3. The van der Waals surface area contributed by atoms with Crippen molar-refractivity contribution in [3.63, 3.8) is 0 Å². The van der Waals surface area contributed by atoms with Crippen LogP contribution in [-0.4, -0.2) is 44.1 Å². The molecule has 0 bridgehead atoms. The molecule has 1 unspecified atom stereocenters. The number of hydrogen-bond donors (Lipinski definition) is 2. The van der Waals surface area contributed by atoms with Crippen LogP contribution in [0.3, 0.4) is 0 Å². The lowest BCUT2D eigenvalue weighted by Gasteiger charge is -2.40. The Labute approximate surface area is 122 Å². The number of nitrogens with one attached hydrogen (secondary N) is 1. The first-order valence-electron chi connectivity index (χ1n) is 7.51. The van der Waals surface area contributed by atoms with E-state index in [-0.39, 0.29) is 23.8 Å². The van der Waals surface area contributed by atoms with Gasteiger partial charge in [-0.3, -0.25) is 0 Å². The zero-order valence-electron chi connectivity index (χ0n) is 12.5. The number of aliphatic hydroxyl groups is 1. The van der Waals surface area contributed by atoms with Crippen LogP contribution in [0.5, 0.6) is 0 Å². The van der Waals surface area contributed by atoms with Crippen LogP contribution < -0.4 is 4.72 Å². The molecule has 1 saturated heterocycles. The van der Waals surface area contributed by atoms with Crippen LogP contribution in [0.15, 0.2) is 0 Å². The van der Waals surface area contributed by atoms with Crippen molar-refractivity contribution < 1.29 is 18.3 Å². The Balaban J connectivity index is 1.81. The van der Waals surface area contributed by atoms with Gasteiger partial charge in [-0.1, -0.05) is 13.8 Å². The van der Waals surface area contributed by atoms with Crippen molar-refractivity contribution in [3.8, 4) is 0 Å². The van der Waals surface area contributed by atoms with Gasteiger partial charge in [-0.15, -0.1) is 0 Å². The molecule has 2 aliphatic rings. The molecule has 2 fully saturated rings. The van der Waals surface area contributed by atoms with Crippen molar-refractivity contribution in [1.82, 2.24) is 4.72 Å². The Hall–Kier alpha value is -0.170. The highest BCUT2D eigenvalue weighted by atomic mass is 32.2. The van der Waals surface area contributed by atoms with Gasteiger partial charge >= 0.3 is 0 Å². The van der Waals surface area contributed by atoms with Crippen molar-refractivity contribution in [2.45, 2.75) is 64.1 Å². The van der Waals surface area contributed by atoms with Gasteiger partial charge in [-0.2, -0.15) is 0 Å². The van der Waals surface area contributed by atoms with E-state index in [4.69, 9.17) is 4.74 Å². The molecule has 1 aliphatic heterocycles. The van der Waals surface area contributed by atoms with E-state index in [0.717, 1.165) is 25.7 Å². The zero-order valence-corrected chi connectivity index (χ0v) is 13.3. The van der Waals surface area contributed by atoms with Gasteiger partial charge in [0.15, 0.2) is 0 Å². The third-order valence-corrected chi connectivity index (χ3v) is 5.98. The summed E-state index contributed by atoms with van der Waals surface area (Å²) in [6.07, 6.45) is 4.71. The predicted molar refractivity (Wildman–Crippen MR) is 78.0 cm³/mol. The normalized spacial score (nSPS) is 29.4. The summed E-state index contributed by atoms with van der Waals surface area (Å²) in [4.78, 5) is 0. The van der Waals surface area contributed by atoms with E-state index in [1.807, 2.05) is 0 Å². The van der Waals surface area contributed by atoms with E-state index in [2.05, 4.69) is 18.6 Å². The maximum Gasteiger partial charge on any atom is 0.214 e. The van der Waals surface area contributed by atoms with Gasteiger partial charge in [-0.25, -0.2) is 13.1 Å². The van der Waals surface area contributed by atoms with Crippen molar-refractivity contribution in [2.24, 2.45) is 5.41 Å². The fourth-order valence-electron chi connectivity index (χ4n) is 2.89. The molecule has 20 heavy (non-hydrogen) atoms. The molecule has 1 saturated carbocycles. The van der Waals surface area contributed by atoms with Gasteiger partial charge in [0.25, 0.3) is 0 Å². The summed E-state index contributed by atoms with van der Waals surface area (Å²) in [6, 6.07) is 0. The quantitative estimate of drug-likeness (QED) is 0.805. The minimum atomic E-state index is -3.37. The number of ether oxygens (including phenoxy) is 1. The molecule has 1 heterocycles. The lowest BCUT2D eigenvalue weighted by atomic mass is 9.71. The van der Waals surface area contributed by atoms with E-state index in [1.54, 1.807) is 0 Å². The summed E-state index contributed by atoms with van der Waals surface area (Å²) < 4.78 is 31.9. The summed E-state index contributed by atoms with van der Waals surface area (Å²) in [5.74, 6) is 0.00851. The summed E-state index contributed by atoms with van der Waals surface area (Å²) in [5, 5.41) is 10.5. The van der Waals surface area contributed by atoms with Crippen LogP contribution in [0.1, 0.15) is 52.4 Å². The van der Waals surface area contributed by atoms with Crippen LogP contribution in [0.2, 0.25) is 0 Å². The fourth-order valence-corrected chi connectivity index (χ4v) is 4.25. The molecule has 0 spiro atoms. The molecule has 2 rings (SSSR count). The highest BCUT2D eigenvalue weighted by Gasteiger charge is 2.37. The minimum absolute atomic E-state index is 0.00851. The predicted octanol–water partition coefficient (Wildman–Crippen LogP) is 1.42. The van der Waals surface area contributed by atoms with Gasteiger partial charge in [0.2, 0.25) is 10.0 Å². The molecular formula is C14H27NO4S. The van der Waals surface area contributed by atoms with Crippen molar-refractivity contribution in [2.75, 3.05) is 18.9 Å². The summed E-state index contributed by atoms with van der Waals surface area (Å²) in [5.41, 5.74) is -0.637. The maximum atomic E-state index is 12.0. The average Bonchev–Trinajstić information content (AvgIpc) is 2.84. The smallest absolute Gasteiger partial charge is 0.214 e. The van der Waals surface area contributed by atoms with Gasteiger partial charge < -0.3 is 9.84 Å². The Morgan fingerprint density at radius 3 is 2.45 bits per heavy atom. The molecule has 0 aromatic heterocycles. The fraction of sp³-hybridized carbons (Fsp3) is 1.00.